The molecule has 0 bridgehead atoms. The van der Waals surface area contributed by atoms with Gasteiger partial charge in [0.25, 0.3) is 0 Å². The predicted molar refractivity (Wildman–Crippen MR) is 112 cm³/mol. The first-order valence-electron chi connectivity index (χ1n) is 8.99. The number of hydrogen-bond donors (Lipinski definition) is 2. The van der Waals surface area contributed by atoms with E-state index in [9.17, 15) is 9.59 Å². The lowest BCUT2D eigenvalue weighted by Crippen LogP contribution is -2.28. The number of carbonyl (C=O) groups is 2. The lowest BCUT2D eigenvalue weighted by atomic mass is 10.1. The van der Waals surface area contributed by atoms with Gasteiger partial charge in [0.1, 0.15) is 5.25 Å². The highest BCUT2D eigenvalue weighted by molar-refractivity contribution is 8.15. The summed E-state index contributed by atoms with van der Waals surface area (Å²) in [5.41, 5.74) is 1.71. The summed E-state index contributed by atoms with van der Waals surface area (Å²) in [5.74, 6) is -0.414. The summed E-state index contributed by atoms with van der Waals surface area (Å²) in [7, 11) is 0. The number of carbonyl (C=O) groups excluding carboxylic acids is 2. The molecule has 2 amide bonds. The van der Waals surface area contributed by atoms with Crippen LogP contribution in [-0.2, 0) is 9.59 Å². The summed E-state index contributed by atoms with van der Waals surface area (Å²) < 4.78 is 0. The SMILES string of the molecule is CCC(CC)=N/N=C1\NC(=O)[C@H](CC(=O)Nc2cccc3ccccc23)S1. The fraction of sp³-hybridized carbons (Fsp3) is 0.300. The van der Waals surface area contributed by atoms with Crippen LogP contribution in [0.1, 0.15) is 33.1 Å². The molecule has 1 atom stereocenters. The molecule has 0 saturated carbocycles. The number of rotatable bonds is 6. The Balaban J connectivity index is 1.65. The number of amidine groups is 1. The van der Waals surface area contributed by atoms with Crippen molar-refractivity contribution < 1.29 is 9.59 Å². The molecule has 0 radical (unpaired) electrons. The van der Waals surface area contributed by atoms with Crippen molar-refractivity contribution in [2.75, 3.05) is 5.32 Å². The summed E-state index contributed by atoms with van der Waals surface area (Å²) in [6.45, 7) is 4.03. The molecule has 140 valence electrons. The van der Waals surface area contributed by atoms with Crippen LogP contribution >= 0.6 is 11.8 Å². The van der Waals surface area contributed by atoms with E-state index >= 15 is 0 Å². The predicted octanol–water partition coefficient (Wildman–Crippen LogP) is 3.93. The van der Waals surface area contributed by atoms with E-state index in [4.69, 9.17) is 0 Å². The van der Waals surface area contributed by atoms with Crippen LogP contribution in [0.3, 0.4) is 0 Å². The van der Waals surface area contributed by atoms with Crippen LogP contribution in [0.4, 0.5) is 5.69 Å². The van der Waals surface area contributed by atoms with Crippen molar-refractivity contribution in [3.05, 3.63) is 42.5 Å². The molecule has 0 aliphatic carbocycles. The Hall–Kier alpha value is -2.67. The Morgan fingerprint density at radius 1 is 1.15 bits per heavy atom. The highest BCUT2D eigenvalue weighted by atomic mass is 32.2. The van der Waals surface area contributed by atoms with Crippen molar-refractivity contribution >= 4 is 50.9 Å². The van der Waals surface area contributed by atoms with Crippen molar-refractivity contribution in [2.24, 2.45) is 10.2 Å². The van der Waals surface area contributed by atoms with Crippen molar-refractivity contribution in [1.82, 2.24) is 5.32 Å². The van der Waals surface area contributed by atoms with E-state index in [1.807, 2.05) is 56.3 Å². The molecule has 2 aromatic carbocycles. The molecule has 0 spiro atoms. The van der Waals surface area contributed by atoms with Crippen molar-refractivity contribution in [1.29, 1.82) is 0 Å². The second kappa shape index (κ2) is 8.81. The second-order valence-corrected chi connectivity index (χ2v) is 7.34. The Morgan fingerprint density at radius 2 is 1.89 bits per heavy atom. The molecular formula is C20H22N4O2S. The standard InChI is InChI=1S/C20H22N4O2S/c1-3-14(4-2)23-24-20-22-19(26)17(27-20)12-18(25)21-16-11-7-9-13-8-5-6-10-15(13)16/h5-11,17H,3-4,12H2,1-2H3,(H,21,25)(H,22,24,26)/t17-/m0/s1. The van der Waals surface area contributed by atoms with Gasteiger partial charge in [0.15, 0.2) is 5.17 Å². The molecule has 3 rings (SSSR count). The maximum absolute atomic E-state index is 12.5. The third-order valence-electron chi connectivity index (χ3n) is 4.31. The first-order chi connectivity index (χ1) is 13.1. The lowest BCUT2D eigenvalue weighted by Gasteiger charge is -2.10. The Kier molecular flexibility index (Phi) is 6.24. The summed E-state index contributed by atoms with van der Waals surface area (Å²) >= 11 is 1.25. The van der Waals surface area contributed by atoms with Gasteiger partial charge in [-0.2, -0.15) is 5.10 Å². The third kappa shape index (κ3) is 4.74. The number of anilines is 1. The fourth-order valence-corrected chi connectivity index (χ4v) is 3.72. The number of nitrogens with zero attached hydrogens (tertiary/aromatic N) is 2. The average Bonchev–Trinajstić information content (AvgIpc) is 3.02. The molecule has 2 aromatic rings. The van der Waals surface area contributed by atoms with Gasteiger partial charge in [-0.05, 0) is 24.3 Å². The van der Waals surface area contributed by atoms with Crippen LogP contribution in [0.5, 0.6) is 0 Å². The van der Waals surface area contributed by atoms with E-state index in [-0.39, 0.29) is 18.2 Å². The van der Waals surface area contributed by atoms with Gasteiger partial charge in [0.2, 0.25) is 11.8 Å². The second-order valence-electron chi connectivity index (χ2n) is 6.15. The molecule has 0 unspecified atom stereocenters. The van der Waals surface area contributed by atoms with Gasteiger partial charge in [-0.1, -0.05) is 62.0 Å². The van der Waals surface area contributed by atoms with Crippen LogP contribution in [0.25, 0.3) is 10.8 Å². The zero-order chi connectivity index (χ0) is 19.2. The highest BCUT2D eigenvalue weighted by Gasteiger charge is 2.32. The summed E-state index contributed by atoms with van der Waals surface area (Å²) in [4.78, 5) is 24.6. The zero-order valence-electron chi connectivity index (χ0n) is 15.4. The number of benzene rings is 2. The largest absolute Gasteiger partial charge is 0.325 e. The van der Waals surface area contributed by atoms with Crippen LogP contribution in [0.15, 0.2) is 52.7 Å². The molecule has 7 heteroatoms. The van der Waals surface area contributed by atoms with Gasteiger partial charge in [0.05, 0.1) is 0 Å². The van der Waals surface area contributed by atoms with Crippen LogP contribution < -0.4 is 10.6 Å². The molecule has 1 heterocycles. The molecule has 0 aromatic heterocycles. The lowest BCUT2D eigenvalue weighted by molar-refractivity contribution is -0.122. The van der Waals surface area contributed by atoms with Crippen LogP contribution in [-0.4, -0.2) is 27.9 Å². The maximum atomic E-state index is 12.5. The molecule has 6 nitrogen and oxygen atoms in total. The highest BCUT2D eigenvalue weighted by Crippen LogP contribution is 2.26. The summed E-state index contributed by atoms with van der Waals surface area (Å²) in [6, 6.07) is 13.6. The minimum absolute atomic E-state index is 0.0802. The van der Waals surface area contributed by atoms with E-state index in [2.05, 4.69) is 20.8 Å². The molecule has 1 aliphatic rings. The normalized spacial score (nSPS) is 17.8. The fourth-order valence-electron chi connectivity index (χ4n) is 2.80. The molecular weight excluding hydrogens is 360 g/mol. The maximum Gasteiger partial charge on any atom is 0.240 e. The minimum Gasteiger partial charge on any atom is -0.325 e. The number of thioether (sulfide) groups is 1. The zero-order valence-corrected chi connectivity index (χ0v) is 16.2. The molecule has 2 N–H and O–H groups in total. The van der Waals surface area contributed by atoms with Gasteiger partial charge < -0.3 is 10.6 Å². The smallest absolute Gasteiger partial charge is 0.240 e. The Bertz CT molecular complexity index is 912. The van der Waals surface area contributed by atoms with E-state index in [1.54, 1.807) is 0 Å². The molecule has 1 fully saturated rings. The Labute approximate surface area is 162 Å². The van der Waals surface area contributed by atoms with Crippen molar-refractivity contribution in [2.45, 2.75) is 38.4 Å². The van der Waals surface area contributed by atoms with Gasteiger partial charge in [-0.15, -0.1) is 5.10 Å². The topological polar surface area (TPSA) is 82.9 Å². The number of hydrogen-bond acceptors (Lipinski definition) is 5. The van der Waals surface area contributed by atoms with E-state index < -0.39 is 5.25 Å². The molecule has 1 saturated heterocycles. The summed E-state index contributed by atoms with van der Waals surface area (Å²) in [5, 5.41) is 15.8. The first kappa shape index (κ1) is 19.1. The van der Waals surface area contributed by atoms with Crippen molar-refractivity contribution in [3.63, 3.8) is 0 Å². The summed E-state index contributed by atoms with van der Waals surface area (Å²) in [6.07, 6.45) is 1.72. The van der Waals surface area contributed by atoms with E-state index in [0.29, 0.717) is 5.17 Å². The van der Waals surface area contributed by atoms with E-state index in [1.165, 1.54) is 11.8 Å². The van der Waals surface area contributed by atoms with Crippen LogP contribution in [0, 0.1) is 0 Å². The quantitative estimate of drug-likeness (QED) is 0.586. The van der Waals surface area contributed by atoms with Crippen molar-refractivity contribution in [3.8, 4) is 0 Å². The minimum atomic E-state index is -0.499. The number of amides is 2. The molecule has 1 aliphatic heterocycles. The number of nitrogens with one attached hydrogen (secondary N) is 2. The van der Waals surface area contributed by atoms with Gasteiger partial charge in [-0.25, -0.2) is 0 Å². The average molecular weight is 382 g/mol. The molecule has 27 heavy (non-hydrogen) atoms. The van der Waals surface area contributed by atoms with Crippen LogP contribution in [0.2, 0.25) is 0 Å². The Morgan fingerprint density at radius 3 is 2.67 bits per heavy atom. The van der Waals surface area contributed by atoms with Gasteiger partial charge in [-0.3, -0.25) is 9.59 Å². The third-order valence-corrected chi connectivity index (χ3v) is 5.38. The van der Waals surface area contributed by atoms with E-state index in [0.717, 1.165) is 35.0 Å². The van der Waals surface area contributed by atoms with Gasteiger partial charge in [0, 0.05) is 23.2 Å². The first-order valence-corrected chi connectivity index (χ1v) is 9.87. The number of fused-ring (bicyclic) bond motifs is 1. The monoisotopic (exact) mass is 382 g/mol. The van der Waals surface area contributed by atoms with Gasteiger partial charge >= 0.3 is 0 Å².